The normalized spacial score (nSPS) is 15.6. The Morgan fingerprint density at radius 3 is 2.25 bits per heavy atom. The third kappa shape index (κ3) is 12.5. The van der Waals surface area contributed by atoms with Gasteiger partial charge in [0.2, 0.25) is 5.91 Å². The number of rotatable bonds is 14. The molecule has 5 aromatic carbocycles. The van der Waals surface area contributed by atoms with Gasteiger partial charge in [-0.2, -0.15) is 12.7 Å². The number of ether oxygens (including phenoxy) is 2. The zero-order valence-corrected chi connectivity index (χ0v) is 41.8. The van der Waals surface area contributed by atoms with E-state index in [1.54, 1.807) is 18.2 Å². The van der Waals surface area contributed by atoms with Crippen LogP contribution in [0.1, 0.15) is 49.2 Å². The number of halogens is 4. The van der Waals surface area contributed by atoms with Crippen LogP contribution in [0.25, 0.3) is 11.0 Å². The number of aryl methyl sites for hydroxylation is 3. The number of aromatic nitrogens is 2. The molecule has 20 heteroatoms. The summed E-state index contributed by atoms with van der Waals surface area (Å²) in [5.41, 5.74) is 11.4. The predicted molar refractivity (Wildman–Crippen MR) is 270 cm³/mol. The maximum Gasteiger partial charge on any atom is 0.301 e. The number of imidazole rings is 1. The van der Waals surface area contributed by atoms with Crippen LogP contribution in [0, 0.1) is 29.1 Å². The maximum atomic E-state index is 14.6. The smallest absolute Gasteiger partial charge is 0.301 e. The molecule has 3 heterocycles. The van der Waals surface area contributed by atoms with Crippen LogP contribution in [0.15, 0.2) is 84.9 Å². The second-order valence-electron chi connectivity index (χ2n) is 16.5. The van der Waals surface area contributed by atoms with Gasteiger partial charge in [-0.15, -0.1) is 0 Å². The van der Waals surface area contributed by atoms with Crippen LogP contribution in [-0.4, -0.2) is 63.8 Å². The van der Waals surface area contributed by atoms with E-state index in [2.05, 4.69) is 43.3 Å². The number of thioether (sulfide) groups is 1. The lowest BCUT2D eigenvalue weighted by atomic mass is 10.1. The van der Waals surface area contributed by atoms with Gasteiger partial charge in [0.1, 0.15) is 35.4 Å². The van der Waals surface area contributed by atoms with E-state index in [1.165, 1.54) is 10.4 Å². The van der Waals surface area contributed by atoms with Crippen molar-refractivity contribution >= 4 is 101 Å². The average Bonchev–Trinajstić information content (AvgIpc) is 3.77. The lowest BCUT2D eigenvalue weighted by Gasteiger charge is -2.33. The quantitative estimate of drug-likeness (QED) is 0.0517. The number of carbonyl (C=O) groups is 2. The second-order valence-corrected chi connectivity index (χ2v) is 21.0. The van der Waals surface area contributed by atoms with Gasteiger partial charge in [0, 0.05) is 47.5 Å². The number of nitrogens with one attached hydrogen (secondary N) is 4. The highest BCUT2D eigenvalue weighted by Crippen LogP contribution is 2.35. The Kier molecular flexibility index (Phi) is 15.9. The number of carbonyl (C=O) groups excluding carboxylic acids is 2. The van der Waals surface area contributed by atoms with Crippen LogP contribution < -0.4 is 35.9 Å². The largest absolute Gasteiger partial charge is 0.486 e. The molecule has 0 saturated carbocycles. The zero-order valence-electron chi connectivity index (χ0n) is 37.3. The molecule has 8 rings (SSSR count). The summed E-state index contributed by atoms with van der Waals surface area (Å²) in [4.78, 5) is 27.8. The fourth-order valence-electron chi connectivity index (χ4n) is 7.57. The molecule has 2 aliphatic rings. The third-order valence-corrected chi connectivity index (χ3v) is 14.6. The van der Waals surface area contributed by atoms with Crippen LogP contribution >= 0.6 is 46.0 Å². The van der Waals surface area contributed by atoms with Gasteiger partial charge in [-0.25, -0.2) is 13.8 Å². The van der Waals surface area contributed by atoms with Crippen molar-refractivity contribution in [1.82, 2.24) is 24.5 Å². The maximum absolute atomic E-state index is 14.6. The molecule has 2 saturated heterocycles. The number of fused-ring (bicyclic) bond motifs is 1. The SMILES string of the molecule is CC(C)NC1CCN(S(=O)(=O)Nc2ccc(F)c(F)c2Nc2ccc(I)cc2Cl)CC1.Cc1cc(Oc2ccc3nc(COc4ccc(CC5SC(=O)NC5=O)cc4)n(C)c3c2)cc(C)c1N. The summed E-state index contributed by atoms with van der Waals surface area (Å²) >= 11 is 9.30. The number of nitrogens with two attached hydrogens (primary N) is 1. The number of piperidine rings is 1. The van der Waals surface area contributed by atoms with Crippen molar-refractivity contribution in [3.05, 3.63) is 128 Å². The molecular formula is C47H50ClF2IN8O6S2. The highest BCUT2D eigenvalue weighted by atomic mass is 127. The number of imide groups is 1. The van der Waals surface area contributed by atoms with Crippen LogP contribution in [0.4, 0.5) is 36.3 Å². The Balaban J connectivity index is 0.000000201. The molecule has 0 aliphatic carbocycles. The standard InChI is InChI=1S/C27H26N4O4S.C20H24ClF2IN4O2S/c1-15-10-20(11-16(2)25(15)28)35-19-8-9-21-22(13-19)31(3)24(29-21)14-34-18-6-4-17(5-7-18)12-23-26(32)30-27(33)36-23;1-12(2)25-14-7-9-28(10-8-14)31(29,30)27-18-6-4-16(22)19(23)20(18)26-17-5-3-13(24)11-15(17)21/h4-11,13,23H,12,14,28H2,1-3H3,(H,30,32,33);3-6,11-12,14,25-27H,7-10H2,1-2H3. The summed E-state index contributed by atoms with van der Waals surface area (Å²) in [7, 11) is -2.01. The summed E-state index contributed by atoms with van der Waals surface area (Å²) in [6.07, 6.45) is 1.83. The van der Waals surface area contributed by atoms with Crippen molar-refractivity contribution < 1.29 is 36.3 Å². The molecule has 14 nitrogen and oxygen atoms in total. The molecule has 6 aromatic rings. The number of nitrogen functional groups attached to an aromatic ring is 1. The monoisotopic (exact) mass is 1090 g/mol. The number of hydrogen-bond acceptors (Lipinski definition) is 11. The molecule has 1 unspecified atom stereocenters. The van der Waals surface area contributed by atoms with Crippen molar-refractivity contribution in [3.63, 3.8) is 0 Å². The van der Waals surface area contributed by atoms with Gasteiger partial charge in [0.05, 0.1) is 32.7 Å². The Morgan fingerprint density at radius 1 is 0.940 bits per heavy atom. The number of amides is 2. The summed E-state index contributed by atoms with van der Waals surface area (Å²) in [6.45, 7) is 8.98. The van der Waals surface area contributed by atoms with Crippen LogP contribution in [0.2, 0.25) is 5.02 Å². The molecule has 0 bridgehead atoms. The molecule has 2 amide bonds. The topological polar surface area (TPSA) is 182 Å². The van der Waals surface area contributed by atoms with Gasteiger partial charge < -0.3 is 30.4 Å². The number of anilines is 4. The van der Waals surface area contributed by atoms with E-state index in [-0.39, 0.29) is 33.8 Å². The number of benzene rings is 5. The number of nitrogens with zero attached hydrogens (tertiary/aromatic N) is 3. The van der Waals surface area contributed by atoms with E-state index in [4.69, 9.17) is 31.8 Å². The van der Waals surface area contributed by atoms with Crippen molar-refractivity contribution in [2.45, 2.75) is 70.9 Å². The first-order chi connectivity index (χ1) is 31.8. The van der Waals surface area contributed by atoms with Gasteiger partial charge in [0.15, 0.2) is 11.6 Å². The predicted octanol–water partition coefficient (Wildman–Crippen LogP) is 10.1. The van der Waals surface area contributed by atoms with Gasteiger partial charge in [-0.1, -0.05) is 49.3 Å². The first kappa shape index (κ1) is 49.7. The molecule has 0 spiro atoms. The first-order valence-corrected chi connectivity index (χ1v) is 25.1. The molecular weight excluding hydrogens is 1040 g/mol. The Bertz CT molecular complexity index is 2890. The summed E-state index contributed by atoms with van der Waals surface area (Å²) in [5.74, 6) is 0.396. The Labute approximate surface area is 411 Å². The minimum Gasteiger partial charge on any atom is -0.486 e. The van der Waals surface area contributed by atoms with Crippen LogP contribution in [0.5, 0.6) is 17.2 Å². The minimum absolute atomic E-state index is 0.101. The molecule has 1 atom stereocenters. The highest BCUT2D eigenvalue weighted by molar-refractivity contribution is 14.1. The lowest BCUT2D eigenvalue weighted by Crippen LogP contribution is -2.48. The van der Waals surface area contributed by atoms with Crippen molar-refractivity contribution in [2.24, 2.45) is 7.05 Å². The average molecular weight is 1090 g/mol. The van der Waals surface area contributed by atoms with Gasteiger partial charge in [-0.3, -0.25) is 19.6 Å². The van der Waals surface area contributed by atoms with Crippen molar-refractivity contribution in [2.75, 3.05) is 28.9 Å². The molecule has 67 heavy (non-hydrogen) atoms. The van der Waals surface area contributed by atoms with E-state index in [9.17, 15) is 26.8 Å². The van der Waals surface area contributed by atoms with Gasteiger partial charge in [-0.05, 0) is 139 Å². The molecule has 2 fully saturated rings. The van der Waals surface area contributed by atoms with Crippen molar-refractivity contribution in [3.8, 4) is 17.2 Å². The summed E-state index contributed by atoms with van der Waals surface area (Å²) in [6, 6.07) is 24.8. The van der Waals surface area contributed by atoms with E-state index in [0.717, 1.165) is 66.4 Å². The van der Waals surface area contributed by atoms with E-state index in [0.29, 0.717) is 67.2 Å². The summed E-state index contributed by atoms with van der Waals surface area (Å²) in [5, 5.41) is 8.07. The summed E-state index contributed by atoms with van der Waals surface area (Å²) < 4.78 is 73.0. The second kappa shape index (κ2) is 21.4. The van der Waals surface area contributed by atoms with Crippen LogP contribution in [-0.2, 0) is 35.1 Å². The van der Waals surface area contributed by atoms with Crippen molar-refractivity contribution in [1.29, 1.82) is 0 Å². The van der Waals surface area contributed by atoms with E-state index < -0.39 is 21.8 Å². The Morgan fingerprint density at radius 2 is 1.61 bits per heavy atom. The van der Waals surface area contributed by atoms with E-state index >= 15 is 0 Å². The highest BCUT2D eigenvalue weighted by Gasteiger charge is 2.32. The van der Waals surface area contributed by atoms with Gasteiger partial charge >= 0.3 is 10.2 Å². The third-order valence-electron chi connectivity index (χ3n) is 11.1. The number of hydrogen-bond donors (Lipinski definition) is 5. The minimum atomic E-state index is -3.96. The molecule has 0 radical (unpaired) electrons. The van der Waals surface area contributed by atoms with Crippen LogP contribution in [0.3, 0.4) is 0 Å². The molecule has 6 N–H and O–H groups in total. The fraction of sp³-hybridized carbons (Fsp3) is 0.298. The lowest BCUT2D eigenvalue weighted by molar-refractivity contribution is -0.118. The fourth-order valence-corrected chi connectivity index (χ4v) is 10.6. The Hall–Kier alpha value is -5.19. The van der Waals surface area contributed by atoms with E-state index in [1.807, 2.05) is 93.9 Å². The molecule has 354 valence electrons. The first-order valence-electron chi connectivity index (χ1n) is 21.3. The van der Waals surface area contributed by atoms with Gasteiger partial charge in [0.25, 0.3) is 5.24 Å². The molecule has 1 aromatic heterocycles. The molecule has 2 aliphatic heterocycles. The zero-order chi connectivity index (χ0) is 48.2.